The number of nitrogens with one attached hydrogen (secondary N) is 1. The highest BCUT2D eigenvalue weighted by atomic mass is 35.5. The van der Waals surface area contributed by atoms with Crippen LogP contribution >= 0.6 is 11.6 Å². The van der Waals surface area contributed by atoms with Crippen LogP contribution in [0.5, 0.6) is 5.75 Å². The maximum Gasteiger partial charge on any atom is 0.209 e. The number of benzene rings is 1. The predicted octanol–water partition coefficient (Wildman–Crippen LogP) is 1.12. The summed E-state index contributed by atoms with van der Waals surface area (Å²) in [5.41, 5.74) is 0.859. The molecule has 0 radical (unpaired) electrons. The van der Waals surface area contributed by atoms with Crippen LogP contribution in [0.3, 0.4) is 0 Å². The summed E-state index contributed by atoms with van der Waals surface area (Å²) in [5.74, 6) is 0.682. The van der Waals surface area contributed by atoms with Crippen molar-refractivity contribution in [1.82, 2.24) is 5.32 Å². The summed E-state index contributed by atoms with van der Waals surface area (Å²) in [7, 11) is -1.80. The summed E-state index contributed by atoms with van der Waals surface area (Å²) < 4.78 is 26.7. The van der Waals surface area contributed by atoms with Gasteiger partial charge < -0.3 is 10.1 Å². The van der Waals surface area contributed by atoms with Crippen LogP contribution in [0, 0.1) is 0 Å². The minimum Gasteiger partial charge on any atom is -0.496 e. The number of nitrogens with two attached hydrogens (primary N) is 1. The third kappa shape index (κ3) is 5.22. The Morgan fingerprint density at radius 1 is 1.44 bits per heavy atom. The molecule has 0 aromatic heterocycles. The van der Waals surface area contributed by atoms with E-state index in [2.05, 4.69) is 5.32 Å². The highest BCUT2D eigenvalue weighted by Crippen LogP contribution is 2.25. The fourth-order valence-electron chi connectivity index (χ4n) is 1.51. The van der Waals surface area contributed by atoms with Crippen molar-refractivity contribution >= 4 is 21.6 Å². The van der Waals surface area contributed by atoms with Crippen molar-refractivity contribution in [2.45, 2.75) is 13.0 Å². The monoisotopic (exact) mass is 292 g/mol. The molecule has 0 saturated heterocycles. The molecule has 0 aliphatic heterocycles. The zero-order valence-electron chi connectivity index (χ0n) is 10.1. The number of hydrogen-bond acceptors (Lipinski definition) is 4. The van der Waals surface area contributed by atoms with Gasteiger partial charge in [-0.05, 0) is 25.1 Å². The van der Waals surface area contributed by atoms with Crippen LogP contribution in [-0.2, 0) is 16.6 Å². The summed E-state index contributed by atoms with van der Waals surface area (Å²) >= 11 is 6.06. The van der Waals surface area contributed by atoms with E-state index in [1.165, 1.54) is 0 Å². The minimum atomic E-state index is -3.38. The largest absolute Gasteiger partial charge is 0.496 e. The molecule has 102 valence electrons. The van der Waals surface area contributed by atoms with Gasteiger partial charge in [0, 0.05) is 17.1 Å². The van der Waals surface area contributed by atoms with E-state index in [0.29, 0.717) is 30.3 Å². The third-order valence-corrected chi connectivity index (χ3v) is 3.59. The Morgan fingerprint density at radius 2 is 2.17 bits per heavy atom. The number of halogens is 1. The average Bonchev–Trinajstić information content (AvgIpc) is 2.29. The van der Waals surface area contributed by atoms with Gasteiger partial charge in [-0.2, -0.15) is 0 Å². The highest BCUT2D eigenvalue weighted by Gasteiger charge is 2.07. The van der Waals surface area contributed by atoms with E-state index in [1.54, 1.807) is 13.2 Å². The van der Waals surface area contributed by atoms with Crippen LogP contribution in [0.4, 0.5) is 0 Å². The molecule has 0 aliphatic rings. The van der Waals surface area contributed by atoms with Crippen molar-refractivity contribution in [3.8, 4) is 5.75 Å². The van der Waals surface area contributed by atoms with Crippen molar-refractivity contribution in [3.63, 3.8) is 0 Å². The van der Waals surface area contributed by atoms with Crippen LogP contribution in [0.2, 0.25) is 5.02 Å². The molecule has 0 heterocycles. The molecule has 5 nitrogen and oxygen atoms in total. The second-order valence-corrected chi connectivity index (χ2v) is 5.96. The molecular formula is C11H17ClN2O3S. The number of hydrogen-bond donors (Lipinski definition) is 2. The van der Waals surface area contributed by atoms with E-state index in [-0.39, 0.29) is 5.75 Å². The number of primary sulfonamides is 1. The molecule has 0 bridgehead atoms. The maximum atomic E-state index is 10.7. The molecule has 0 amide bonds. The van der Waals surface area contributed by atoms with E-state index in [9.17, 15) is 8.42 Å². The summed E-state index contributed by atoms with van der Waals surface area (Å²) in [6.07, 6.45) is 0.464. The Labute approximate surface area is 112 Å². The molecule has 0 spiro atoms. The number of methoxy groups -OCH3 is 1. The Hall–Kier alpha value is -0.820. The van der Waals surface area contributed by atoms with E-state index in [0.717, 1.165) is 5.56 Å². The molecule has 18 heavy (non-hydrogen) atoms. The van der Waals surface area contributed by atoms with Gasteiger partial charge in [-0.3, -0.25) is 0 Å². The van der Waals surface area contributed by atoms with Gasteiger partial charge in [0.25, 0.3) is 0 Å². The first-order chi connectivity index (χ1) is 8.44. The topological polar surface area (TPSA) is 81.4 Å². The van der Waals surface area contributed by atoms with E-state index >= 15 is 0 Å². The molecule has 0 fully saturated rings. The van der Waals surface area contributed by atoms with Crippen molar-refractivity contribution in [3.05, 3.63) is 28.8 Å². The first-order valence-electron chi connectivity index (χ1n) is 5.46. The average molecular weight is 293 g/mol. The number of sulfonamides is 1. The predicted molar refractivity (Wildman–Crippen MR) is 72.3 cm³/mol. The lowest BCUT2D eigenvalue weighted by Crippen LogP contribution is -2.22. The lowest BCUT2D eigenvalue weighted by Gasteiger charge is -2.11. The molecular weight excluding hydrogens is 276 g/mol. The molecule has 7 heteroatoms. The first kappa shape index (κ1) is 15.2. The van der Waals surface area contributed by atoms with Crippen molar-refractivity contribution in [2.24, 2.45) is 5.14 Å². The smallest absolute Gasteiger partial charge is 0.209 e. The van der Waals surface area contributed by atoms with Crippen molar-refractivity contribution in [1.29, 1.82) is 0 Å². The van der Waals surface area contributed by atoms with Crippen LogP contribution in [0.1, 0.15) is 12.0 Å². The molecule has 1 aromatic rings. The molecule has 0 atom stereocenters. The maximum absolute atomic E-state index is 10.7. The standard InChI is InChI=1S/C11H17ClN2O3S/c1-17-11-5-2-4-10(12)9(11)8-14-6-3-7-18(13,15)16/h2,4-5,14H,3,6-8H2,1H3,(H2,13,15,16). The zero-order chi connectivity index (χ0) is 13.6. The van der Waals surface area contributed by atoms with E-state index in [4.69, 9.17) is 21.5 Å². The zero-order valence-corrected chi connectivity index (χ0v) is 11.7. The summed E-state index contributed by atoms with van der Waals surface area (Å²) in [6, 6.07) is 5.42. The van der Waals surface area contributed by atoms with Gasteiger partial charge in [0.2, 0.25) is 10.0 Å². The molecule has 0 saturated carbocycles. The van der Waals surface area contributed by atoms with Gasteiger partial charge in [-0.15, -0.1) is 0 Å². The van der Waals surface area contributed by atoms with Crippen LogP contribution in [0.25, 0.3) is 0 Å². The fraction of sp³-hybridized carbons (Fsp3) is 0.455. The number of rotatable bonds is 7. The molecule has 1 rings (SSSR count). The van der Waals surface area contributed by atoms with Gasteiger partial charge in [-0.25, -0.2) is 13.6 Å². The van der Waals surface area contributed by atoms with Gasteiger partial charge in [0.1, 0.15) is 5.75 Å². The second-order valence-electron chi connectivity index (χ2n) is 3.82. The number of ether oxygens (including phenoxy) is 1. The Balaban J connectivity index is 2.44. The van der Waals surface area contributed by atoms with Crippen LogP contribution in [0.15, 0.2) is 18.2 Å². The summed E-state index contributed by atoms with van der Waals surface area (Å²) in [6.45, 7) is 1.07. The highest BCUT2D eigenvalue weighted by molar-refractivity contribution is 7.89. The van der Waals surface area contributed by atoms with Gasteiger partial charge in [0.15, 0.2) is 0 Å². The minimum absolute atomic E-state index is 0.0281. The quantitative estimate of drug-likeness (QED) is 0.738. The van der Waals surface area contributed by atoms with Crippen molar-refractivity contribution < 1.29 is 13.2 Å². The summed E-state index contributed by atoms with van der Waals surface area (Å²) in [4.78, 5) is 0. The Kier molecular flexibility index (Phi) is 5.87. The molecule has 3 N–H and O–H groups in total. The van der Waals surface area contributed by atoms with Crippen LogP contribution < -0.4 is 15.2 Å². The molecule has 0 unspecified atom stereocenters. The fourth-order valence-corrected chi connectivity index (χ4v) is 2.29. The van der Waals surface area contributed by atoms with Gasteiger partial charge >= 0.3 is 0 Å². The normalized spacial score (nSPS) is 11.5. The lowest BCUT2D eigenvalue weighted by molar-refractivity contribution is 0.408. The first-order valence-corrected chi connectivity index (χ1v) is 7.56. The Morgan fingerprint density at radius 3 is 2.78 bits per heavy atom. The van der Waals surface area contributed by atoms with Gasteiger partial charge in [-0.1, -0.05) is 17.7 Å². The SMILES string of the molecule is COc1cccc(Cl)c1CNCCCS(N)(=O)=O. The lowest BCUT2D eigenvalue weighted by atomic mass is 10.2. The van der Waals surface area contributed by atoms with Gasteiger partial charge in [0.05, 0.1) is 12.9 Å². The van der Waals surface area contributed by atoms with Crippen molar-refractivity contribution in [2.75, 3.05) is 19.4 Å². The molecule has 1 aromatic carbocycles. The van der Waals surface area contributed by atoms with E-state index < -0.39 is 10.0 Å². The molecule has 0 aliphatic carbocycles. The third-order valence-electron chi connectivity index (χ3n) is 2.38. The van der Waals surface area contributed by atoms with E-state index in [1.807, 2.05) is 12.1 Å². The summed E-state index contributed by atoms with van der Waals surface area (Å²) in [5, 5.41) is 8.63. The second kappa shape index (κ2) is 6.94. The van der Waals surface area contributed by atoms with Crippen LogP contribution in [-0.4, -0.2) is 27.8 Å². The Bertz CT molecular complexity index is 491.